The van der Waals surface area contributed by atoms with Crippen LogP contribution in [0.1, 0.15) is 32.6 Å². The number of nitrogens with zero attached hydrogens (tertiary/aromatic N) is 5. The molecule has 2 N–H and O–H groups in total. The molecule has 0 radical (unpaired) electrons. The molecule has 0 atom stereocenters. The Kier molecular flexibility index (Phi) is 11.9. The zero-order valence-corrected chi connectivity index (χ0v) is 20.8. The Hall–Kier alpha value is -1.69. The maximum absolute atomic E-state index is 12.5. The number of amides is 1. The standard InChI is InChI=1S/C21H35N7O2.HI/c1-2-22-20(23-10-4-16-30-17-18-5-6-18)24-11-7-19(29)27-12-14-28(15-13-27)21-25-8-3-9-26-21;/h3,8-9,18H,2,4-7,10-17H2,1H3,(H2,22,23,24);1H. The fourth-order valence-electron chi connectivity index (χ4n) is 3.29. The van der Waals surface area contributed by atoms with Crippen LogP contribution < -0.4 is 15.5 Å². The first-order valence-electron chi connectivity index (χ1n) is 11.2. The van der Waals surface area contributed by atoms with Crippen LogP contribution >= 0.6 is 24.0 Å². The Labute approximate surface area is 202 Å². The van der Waals surface area contributed by atoms with Gasteiger partial charge in [-0.3, -0.25) is 9.79 Å². The van der Waals surface area contributed by atoms with Crippen LogP contribution in [0, 0.1) is 5.92 Å². The topological polar surface area (TPSA) is 95.0 Å². The molecule has 1 saturated carbocycles. The summed E-state index contributed by atoms with van der Waals surface area (Å²) < 4.78 is 5.64. The van der Waals surface area contributed by atoms with E-state index in [9.17, 15) is 4.79 Å². The van der Waals surface area contributed by atoms with Gasteiger partial charge in [0.2, 0.25) is 11.9 Å². The molecule has 0 bridgehead atoms. The van der Waals surface area contributed by atoms with E-state index in [4.69, 9.17) is 4.74 Å². The average Bonchev–Trinajstić information content (AvgIpc) is 3.61. The number of guanidine groups is 1. The number of hydrogen-bond acceptors (Lipinski definition) is 6. The summed E-state index contributed by atoms with van der Waals surface area (Å²) in [4.78, 5) is 29.7. The lowest BCUT2D eigenvalue weighted by molar-refractivity contribution is -0.131. The molecule has 1 amide bonds. The van der Waals surface area contributed by atoms with Crippen molar-refractivity contribution >= 4 is 41.8 Å². The molecule has 10 heteroatoms. The molecular formula is C21H36IN7O2. The van der Waals surface area contributed by atoms with Gasteiger partial charge in [0, 0.05) is 77.8 Å². The molecule has 31 heavy (non-hydrogen) atoms. The van der Waals surface area contributed by atoms with Crippen molar-refractivity contribution in [1.82, 2.24) is 25.5 Å². The lowest BCUT2D eigenvalue weighted by Crippen LogP contribution is -2.50. The first-order chi connectivity index (χ1) is 14.8. The summed E-state index contributed by atoms with van der Waals surface area (Å²) >= 11 is 0. The normalized spacial score (nSPS) is 16.6. The van der Waals surface area contributed by atoms with Crippen LogP contribution in [-0.2, 0) is 9.53 Å². The predicted molar refractivity (Wildman–Crippen MR) is 133 cm³/mol. The molecule has 1 aromatic rings. The van der Waals surface area contributed by atoms with Gasteiger partial charge in [-0.25, -0.2) is 9.97 Å². The van der Waals surface area contributed by atoms with Crippen molar-refractivity contribution in [2.75, 3.05) is 63.9 Å². The lowest BCUT2D eigenvalue weighted by Gasteiger charge is -2.34. The van der Waals surface area contributed by atoms with Crippen molar-refractivity contribution in [3.8, 4) is 0 Å². The highest BCUT2D eigenvalue weighted by molar-refractivity contribution is 14.0. The van der Waals surface area contributed by atoms with Gasteiger partial charge in [-0.2, -0.15) is 0 Å². The van der Waals surface area contributed by atoms with E-state index < -0.39 is 0 Å². The Morgan fingerprint density at radius 2 is 1.94 bits per heavy atom. The smallest absolute Gasteiger partial charge is 0.225 e. The number of anilines is 1. The van der Waals surface area contributed by atoms with E-state index in [0.29, 0.717) is 26.1 Å². The number of halogens is 1. The number of rotatable bonds is 11. The van der Waals surface area contributed by atoms with E-state index in [2.05, 4.69) is 30.5 Å². The number of carbonyl (C=O) groups is 1. The maximum Gasteiger partial charge on any atom is 0.225 e. The number of aromatic nitrogens is 2. The van der Waals surface area contributed by atoms with Crippen LogP contribution in [0.3, 0.4) is 0 Å². The van der Waals surface area contributed by atoms with Crippen molar-refractivity contribution in [2.24, 2.45) is 10.9 Å². The van der Waals surface area contributed by atoms with Crippen LogP contribution in [0.4, 0.5) is 5.95 Å². The number of ether oxygens (including phenoxy) is 1. The number of hydrogen-bond donors (Lipinski definition) is 2. The predicted octanol–water partition coefficient (Wildman–Crippen LogP) is 1.51. The molecule has 1 aliphatic carbocycles. The van der Waals surface area contributed by atoms with Gasteiger partial charge < -0.3 is 25.2 Å². The van der Waals surface area contributed by atoms with E-state index in [-0.39, 0.29) is 29.9 Å². The third kappa shape index (κ3) is 9.55. The number of carbonyl (C=O) groups excluding carboxylic acids is 1. The monoisotopic (exact) mass is 545 g/mol. The Morgan fingerprint density at radius 1 is 1.19 bits per heavy atom. The van der Waals surface area contributed by atoms with Gasteiger partial charge in [0.25, 0.3) is 0 Å². The highest BCUT2D eigenvalue weighted by atomic mass is 127. The van der Waals surface area contributed by atoms with Crippen molar-refractivity contribution in [1.29, 1.82) is 0 Å². The third-order valence-electron chi connectivity index (χ3n) is 5.21. The second-order valence-corrected chi connectivity index (χ2v) is 7.73. The molecule has 1 aromatic heterocycles. The van der Waals surface area contributed by atoms with Crippen molar-refractivity contribution in [2.45, 2.75) is 32.6 Å². The van der Waals surface area contributed by atoms with E-state index in [1.54, 1.807) is 12.4 Å². The van der Waals surface area contributed by atoms with Crippen molar-refractivity contribution < 1.29 is 9.53 Å². The third-order valence-corrected chi connectivity index (χ3v) is 5.21. The van der Waals surface area contributed by atoms with Gasteiger partial charge in [0.05, 0.1) is 0 Å². The number of aliphatic imine (C=N–C) groups is 1. The minimum atomic E-state index is 0. The minimum Gasteiger partial charge on any atom is -0.381 e. The van der Waals surface area contributed by atoms with Gasteiger partial charge in [-0.05, 0) is 38.2 Å². The Bertz CT molecular complexity index is 665. The van der Waals surface area contributed by atoms with Crippen LogP contribution in [0.25, 0.3) is 0 Å². The Balaban J connectivity index is 0.00000341. The largest absolute Gasteiger partial charge is 0.381 e. The lowest BCUT2D eigenvalue weighted by atomic mass is 10.3. The second kappa shape index (κ2) is 14.4. The van der Waals surface area contributed by atoms with Crippen molar-refractivity contribution in [3.05, 3.63) is 18.5 Å². The molecule has 0 aromatic carbocycles. The van der Waals surface area contributed by atoms with Gasteiger partial charge in [-0.15, -0.1) is 24.0 Å². The summed E-state index contributed by atoms with van der Waals surface area (Å²) in [5.41, 5.74) is 0. The molecule has 9 nitrogen and oxygen atoms in total. The fourth-order valence-corrected chi connectivity index (χ4v) is 3.29. The highest BCUT2D eigenvalue weighted by Gasteiger charge is 2.22. The first-order valence-corrected chi connectivity index (χ1v) is 11.2. The van der Waals surface area contributed by atoms with Gasteiger partial charge >= 0.3 is 0 Å². The summed E-state index contributed by atoms with van der Waals surface area (Å²) in [5.74, 6) is 2.47. The fraction of sp³-hybridized carbons (Fsp3) is 0.714. The summed E-state index contributed by atoms with van der Waals surface area (Å²) in [7, 11) is 0. The molecule has 1 saturated heterocycles. The van der Waals surface area contributed by atoms with Gasteiger partial charge in [-0.1, -0.05) is 0 Å². The van der Waals surface area contributed by atoms with E-state index in [1.807, 2.05) is 17.9 Å². The summed E-state index contributed by atoms with van der Waals surface area (Å²) in [5, 5.41) is 6.50. The Morgan fingerprint density at radius 3 is 2.61 bits per heavy atom. The zero-order chi connectivity index (χ0) is 21.0. The summed E-state index contributed by atoms with van der Waals surface area (Å²) in [6, 6.07) is 1.81. The second-order valence-electron chi connectivity index (χ2n) is 7.73. The van der Waals surface area contributed by atoms with Crippen LogP contribution in [0.15, 0.2) is 23.5 Å². The minimum absolute atomic E-state index is 0. The molecular weight excluding hydrogens is 509 g/mol. The zero-order valence-electron chi connectivity index (χ0n) is 18.5. The molecule has 2 aliphatic rings. The highest BCUT2D eigenvalue weighted by Crippen LogP contribution is 2.28. The summed E-state index contributed by atoms with van der Waals surface area (Å²) in [6.07, 6.45) is 7.51. The van der Waals surface area contributed by atoms with Crippen LogP contribution in [0.2, 0.25) is 0 Å². The molecule has 2 fully saturated rings. The number of nitrogens with one attached hydrogen (secondary N) is 2. The maximum atomic E-state index is 12.5. The van der Waals surface area contributed by atoms with Gasteiger partial charge in [0.1, 0.15) is 0 Å². The van der Waals surface area contributed by atoms with Gasteiger partial charge in [0.15, 0.2) is 5.96 Å². The van der Waals surface area contributed by atoms with E-state index in [1.165, 1.54) is 12.8 Å². The van der Waals surface area contributed by atoms with E-state index in [0.717, 1.165) is 63.6 Å². The molecule has 1 aliphatic heterocycles. The average molecular weight is 545 g/mol. The summed E-state index contributed by atoms with van der Waals surface area (Å²) in [6.45, 7) is 8.71. The number of piperazine rings is 1. The van der Waals surface area contributed by atoms with Crippen LogP contribution in [-0.4, -0.2) is 85.8 Å². The SMILES string of the molecule is CCNC(=NCCCOCC1CC1)NCCC(=O)N1CCN(c2ncccn2)CC1.I. The van der Waals surface area contributed by atoms with Crippen molar-refractivity contribution in [3.63, 3.8) is 0 Å². The molecule has 3 rings (SSSR count). The van der Waals surface area contributed by atoms with Crippen LogP contribution in [0.5, 0.6) is 0 Å². The molecule has 2 heterocycles. The molecule has 0 unspecified atom stereocenters. The first kappa shape index (κ1) is 25.6. The quantitative estimate of drug-likeness (QED) is 0.189. The molecule has 174 valence electrons. The molecule has 0 spiro atoms. The van der Waals surface area contributed by atoms with E-state index >= 15 is 0 Å².